The molecule has 3 aromatic carbocycles. The number of rotatable bonds is 11. The summed E-state index contributed by atoms with van der Waals surface area (Å²) in [4.78, 5) is 33.8. The van der Waals surface area contributed by atoms with Gasteiger partial charge in [-0.2, -0.15) is 0 Å². The molecule has 2 aliphatic heterocycles. The number of aliphatic hydroxyl groups is 1. The van der Waals surface area contributed by atoms with Crippen molar-refractivity contribution in [2.45, 2.75) is 69.5 Å². The Kier molecular flexibility index (Phi) is 10.0. The number of aromatic nitrogens is 1. The lowest BCUT2D eigenvalue weighted by Crippen LogP contribution is -2.52. The van der Waals surface area contributed by atoms with Crippen LogP contribution in [0.3, 0.4) is 0 Å². The number of likely N-dealkylation sites (tertiary alicyclic amines) is 1. The third-order valence-corrected chi connectivity index (χ3v) is 9.76. The van der Waals surface area contributed by atoms with Gasteiger partial charge in [-0.25, -0.2) is 4.98 Å². The van der Waals surface area contributed by atoms with E-state index in [-0.39, 0.29) is 30.0 Å². The Morgan fingerprint density at radius 3 is 2.51 bits per heavy atom. The van der Waals surface area contributed by atoms with E-state index in [1.807, 2.05) is 77.9 Å². The van der Waals surface area contributed by atoms with Gasteiger partial charge >= 0.3 is 0 Å². The van der Waals surface area contributed by atoms with Crippen LogP contribution in [0, 0.1) is 6.92 Å². The van der Waals surface area contributed by atoms with Crippen molar-refractivity contribution < 1.29 is 19.4 Å². The molecule has 1 aromatic heterocycles. The first-order valence-electron chi connectivity index (χ1n) is 15.7. The van der Waals surface area contributed by atoms with E-state index in [2.05, 4.69) is 15.6 Å². The quantitative estimate of drug-likeness (QED) is 0.215. The van der Waals surface area contributed by atoms with Crippen LogP contribution in [0.1, 0.15) is 67.8 Å². The van der Waals surface area contributed by atoms with Crippen molar-refractivity contribution >= 4 is 23.2 Å². The van der Waals surface area contributed by atoms with Crippen LogP contribution in [0.25, 0.3) is 0 Å². The highest BCUT2D eigenvalue weighted by molar-refractivity contribution is 7.09. The molecule has 45 heavy (non-hydrogen) atoms. The zero-order valence-electron chi connectivity index (χ0n) is 25.5. The van der Waals surface area contributed by atoms with Crippen molar-refractivity contribution in [1.29, 1.82) is 0 Å². The molecule has 5 atom stereocenters. The second-order valence-electron chi connectivity index (χ2n) is 12.0. The summed E-state index contributed by atoms with van der Waals surface area (Å²) in [5, 5.41) is 21.1. The van der Waals surface area contributed by atoms with Crippen LogP contribution in [0.4, 0.5) is 0 Å². The molecule has 0 bridgehead atoms. The maximum atomic E-state index is 13.7. The monoisotopic (exact) mass is 624 g/mol. The second-order valence-corrected chi connectivity index (χ2v) is 12.9. The lowest BCUT2D eigenvalue weighted by atomic mass is 9.94. The van der Waals surface area contributed by atoms with Crippen LogP contribution in [0.2, 0.25) is 0 Å². The Hall–Kier alpha value is -3.89. The minimum absolute atomic E-state index is 0.0386. The fraction of sp³-hybridized carbons (Fsp3) is 0.361. The number of benzene rings is 3. The highest BCUT2D eigenvalue weighted by Gasteiger charge is 2.36. The lowest BCUT2D eigenvalue weighted by molar-refractivity contribution is 0.0419. The van der Waals surface area contributed by atoms with Gasteiger partial charge < -0.3 is 25.4 Å². The van der Waals surface area contributed by atoms with Crippen molar-refractivity contribution in [1.82, 2.24) is 20.5 Å². The minimum atomic E-state index is -0.851. The first kappa shape index (κ1) is 31.1. The molecule has 0 radical (unpaired) electrons. The summed E-state index contributed by atoms with van der Waals surface area (Å²) in [5.74, 6) is -0.425. The van der Waals surface area contributed by atoms with E-state index >= 15 is 0 Å². The van der Waals surface area contributed by atoms with Crippen LogP contribution >= 0.6 is 11.3 Å². The molecule has 4 aromatic rings. The molecule has 2 amide bonds. The number of carbonyl (C=O) groups is 2. The van der Waals surface area contributed by atoms with Crippen LogP contribution < -0.4 is 10.6 Å². The largest absolute Gasteiger partial charge is 0.389 e. The minimum Gasteiger partial charge on any atom is -0.389 e. The van der Waals surface area contributed by atoms with Gasteiger partial charge in [-0.15, -0.1) is 11.3 Å². The van der Waals surface area contributed by atoms with Crippen LogP contribution in [0.15, 0.2) is 90.3 Å². The summed E-state index contributed by atoms with van der Waals surface area (Å²) >= 11 is 1.59. The number of hydrogen-bond donors (Lipinski definition) is 3. The van der Waals surface area contributed by atoms with Gasteiger partial charge in [0.1, 0.15) is 5.01 Å². The molecular weight excluding hydrogens is 584 g/mol. The number of hydrogen-bond acceptors (Lipinski definition) is 7. The zero-order chi connectivity index (χ0) is 31.2. The van der Waals surface area contributed by atoms with Gasteiger partial charge in [0.05, 0.1) is 30.9 Å². The predicted octanol–water partition coefficient (Wildman–Crippen LogP) is 5.08. The van der Waals surface area contributed by atoms with Gasteiger partial charge in [0, 0.05) is 41.3 Å². The third kappa shape index (κ3) is 7.68. The van der Waals surface area contributed by atoms with E-state index in [1.165, 1.54) is 0 Å². The van der Waals surface area contributed by atoms with E-state index in [0.717, 1.165) is 34.7 Å². The fourth-order valence-corrected chi connectivity index (χ4v) is 7.26. The molecule has 2 fully saturated rings. The molecule has 234 valence electrons. The number of thiazole rings is 1. The highest BCUT2D eigenvalue weighted by atomic mass is 32.1. The molecule has 9 heteroatoms. The van der Waals surface area contributed by atoms with Crippen molar-refractivity contribution in [3.8, 4) is 0 Å². The maximum absolute atomic E-state index is 13.7. The molecule has 2 saturated heterocycles. The SMILES string of the molecule is Cc1csc([C@H]2CCCN2C(=O)c2cccc(C(=O)NC(Cc3ccccc3)[C@H](O)[C@H]3C[C@@H](OCc4ccccc4)CN3)c2)n1. The summed E-state index contributed by atoms with van der Waals surface area (Å²) in [5.41, 5.74) is 3.94. The second kappa shape index (κ2) is 14.5. The number of nitrogens with zero attached hydrogens (tertiary/aromatic N) is 2. The van der Waals surface area contributed by atoms with Gasteiger partial charge in [-0.05, 0) is 61.9 Å². The Balaban J connectivity index is 1.14. The van der Waals surface area contributed by atoms with Gasteiger partial charge in [-0.3, -0.25) is 9.59 Å². The fourth-order valence-electron chi connectivity index (χ4n) is 6.32. The lowest BCUT2D eigenvalue weighted by Gasteiger charge is -2.29. The Morgan fingerprint density at radius 1 is 1.04 bits per heavy atom. The molecule has 6 rings (SSSR count). The van der Waals surface area contributed by atoms with Crippen LogP contribution in [0.5, 0.6) is 0 Å². The molecule has 0 aliphatic carbocycles. The van der Waals surface area contributed by atoms with Crippen molar-refractivity contribution in [3.05, 3.63) is 123 Å². The Bertz CT molecular complexity index is 1580. The molecule has 0 saturated carbocycles. The highest BCUT2D eigenvalue weighted by Crippen LogP contribution is 2.35. The number of carbonyl (C=O) groups excluding carboxylic acids is 2. The van der Waals surface area contributed by atoms with E-state index in [4.69, 9.17) is 4.74 Å². The summed E-state index contributed by atoms with van der Waals surface area (Å²) in [6, 6.07) is 25.9. The Labute approximate surface area is 268 Å². The number of nitrogens with one attached hydrogen (secondary N) is 2. The number of ether oxygens (including phenoxy) is 1. The average Bonchev–Trinajstić information content (AvgIpc) is 3.85. The first-order chi connectivity index (χ1) is 21.9. The molecule has 0 spiro atoms. The van der Waals surface area contributed by atoms with Crippen LogP contribution in [-0.2, 0) is 17.8 Å². The van der Waals surface area contributed by atoms with Gasteiger partial charge in [0.15, 0.2) is 0 Å². The van der Waals surface area contributed by atoms with E-state index in [9.17, 15) is 14.7 Å². The molecule has 3 heterocycles. The number of amides is 2. The van der Waals surface area contributed by atoms with Crippen molar-refractivity contribution in [2.24, 2.45) is 0 Å². The van der Waals surface area contributed by atoms with E-state index < -0.39 is 12.1 Å². The normalized spacial score (nSPS) is 21.0. The summed E-state index contributed by atoms with van der Waals surface area (Å²) in [6.45, 7) is 3.76. The smallest absolute Gasteiger partial charge is 0.254 e. The van der Waals surface area contributed by atoms with Gasteiger partial charge in [0.25, 0.3) is 11.8 Å². The zero-order valence-corrected chi connectivity index (χ0v) is 26.3. The molecular formula is C36H40N4O4S. The third-order valence-electron chi connectivity index (χ3n) is 8.70. The van der Waals surface area contributed by atoms with Gasteiger partial charge in [0.2, 0.25) is 0 Å². The first-order valence-corrected chi connectivity index (χ1v) is 16.6. The topological polar surface area (TPSA) is 104 Å². The number of aryl methyl sites for hydroxylation is 1. The van der Waals surface area contributed by atoms with E-state index in [1.54, 1.807) is 35.6 Å². The van der Waals surface area contributed by atoms with E-state index in [0.29, 0.717) is 43.7 Å². The van der Waals surface area contributed by atoms with Crippen molar-refractivity contribution in [2.75, 3.05) is 13.1 Å². The summed E-state index contributed by atoms with van der Waals surface area (Å²) in [6.07, 6.45) is 2.00. The predicted molar refractivity (Wildman–Crippen MR) is 175 cm³/mol. The molecule has 2 aliphatic rings. The molecule has 3 N–H and O–H groups in total. The van der Waals surface area contributed by atoms with Gasteiger partial charge in [-0.1, -0.05) is 66.7 Å². The standard InChI is InChI=1S/C36H40N4O4S/c1-24-23-45-35(38-24)32-16-9-17-40(32)36(43)28-15-8-14-27(19-28)34(42)39-31(18-25-10-4-2-5-11-25)33(41)30-20-29(21-37-30)44-22-26-12-6-3-7-13-26/h2-8,10-15,19,23,29-33,37,41H,9,16-18,20-22H2,1H3,(H,39,42)/t29-,30-,31?,32-,33-/m1/s1. The summed E-state index contributed by atoms with van der Waals surface area (Å²) < 4.78 is 6.13. The van der Waals surface area contributed by atoms with Crippen LogP contribution in [-0.4, -0.2) is 64.2 Å². The van der Waals surface area contributed by atoms with Crippen molar-refractivity contribution in [3.63, 3.8) is 0 Å². The molecule has 8 nitrogen and oxygen atoms in total. The molecule has 1 unspecified atom stereocenters. The Morgan fingerprint density at radius 2 is 1.78 bits per heavy atom. The number of aliphatic hydroxyl groups excluding tert-OH is 1. The maximum Gasteiger partial charge on any atom is 0.254 e. The average molecular weight is 625 g/mol. The summed E-state index contributed by atoms with van der Waals surface area (Å²) in [7, 11) is 0.